The number of benzene rings is 6. The second kappa shape index (κ2) is 10.6. The fraction of sp³-hybridized carbons (Fsp3) is 0.0732. The maximum atomic E-state index is 5.15. The van der Waals surface area contributed by atoms with Crippen molar-refractivity contribution >= 4 is 22.7 Å². The molecule has 0 radical (unpaired) electrons. The second-order valence-corrected chi connectivity index (χ2v) is 12.9. The van der Waals surface area contributed by atoms with Crippen molar-refractivity contribution in [3.8, 4) is 44.9 Å². The Balaban J connectivity index is 1.17. The summed E-state index contributed by atoms with van der Waals surface area (Å²) in [7, 11) is 0. The van der Waals surface area contributed by atoms with Crippen molar-refractivity contribution in [1.82, 2.24) is 9.97 Å². The summed E-state index contributed by atoms with van der Waals surface area (Å²) >= 11 is 1.88. The van der Waals surface area contributed by atoms with E-state index in [2.05, 4.69) is 147 Å². The first-order valence-electron chi connectivity index (χ1n) is 15.0. The molecule has 1 aliphatic heterocycles. The lowest BCUT2D eigenvalue weighted by Gasteiger charge is -2.35. The fourth-order valence-corrected chi connectivity index (χ4v) is 7.90. The van der Waals surface area contributed by atoms with Gasteiger partial charge in [0.1, 0.15) is 0 Å². The van der Waals surface area contributed by atoms with Crippen LogP contribution in [-0.4, -0.2) is 9.97 Å². The van der Waals surface area contributed by atoms with Crippen molar-refractivity contribution < 1.29 is 0 Å². The summed E-state index contributed by atoms with van der Waals surface area (Å²) in [4.78, 5) is 12.8. The lowest BCUT2D eigenvalue weighted by molar-refractivity contribution is 0.608. The molecule has 2 nitrogen and oxygen atoms in total. The van der Waals surface area contributed by atoms with Gasteiger partial charge in [-0.05, 0) is 45.5 Å². The summed E-state index contributed by atoms with van der Waals surface area (Å²) in [6, 6.07) is 51.7. The summed E-state index contributed by atoms with van der Waals surface area (Å²) in [6.45, 7) is 4.67. The maximum Gasteiger partial charge on any atom is 0.160 e. The molecule has 0 spiro atoms. The Labute approximate surface area is 262 Å². The molecule has 0 fully saturated rings. The predicted octanol–water partition coefficient (Wildman–Crippen LogP) is 11.1. The van der Waals surface area contributed by atoms with Crippen molar-refractivity contribution in [2.24, 2.45) is 0 Å². The zero-order valence-corrected chi connectivity index (χ0v) is 25.5. The van der Waals surface area contributed by atoms with Gasteiger partial charge in [0.2, 0.25) is 0 Å². The van der Waals surface area contributed by atoms with Crippen LogP contribution in [0.5, 0.6) is 0 Å². The number of hydrogen-bond donors (Lipinski definition) is 0. The molecule has 0 N–H and O–H groups in total. The average Bonchev–Trinajstić information content (AvgIpc) is 3.08. The predicted molar refractivity (Wildman–Crippen MR) is 184 cm³/mol. The molecule has 210 valence electrons. The minimum Gasteiger partial charge on any atom is -0.228 e. The van der Waals surface area contributed by atoms with Gasteiger partial charge in [-0.3, -0.25) is 0 Å². The van der Waals surface area contributed by atoms with Gasteiger partial charge in [0.15, 0.2) is 5.82 Å². The Hall–Kier alpha value is -4.99. The minimum absolute atomic E-state index is 0.0538. The standard InChI is InChI=1S/C41H30N2S/c1-41(2)34-15-7-9-18-37(34)44-39-32(14-10-16-35(39)41)29-21-25-31(26-22-29)40-42-36-17-8-6-13-33(36)38(43-40)30-23-19-28(20-24-30)27-11-4-3-5-12-27/h3-26H,1-2H3. The third-order valence-electron chi connectivity index (χ3n) is 8.78. The van der Waals surface area contributed by atoms with Gasteiger partial charge in [0.05, 0.1) is 11.2 Å². The number of fused-ring (bicyclic) bond motifs is 3. The monoisotopic (exact) mass is 582 g/mol. The summed E-state index contributed by atoms with van der Waals surface area (Å²) in [5.41, 5.74) is 11.6. The molecule has 0 amide bonds. The largest absolute Gasteiger partial charge is 0.228 e. The number of rotatable bonds is 4. The molecule has 2 heterocycles. The number of para-hydroxylation sites is 1. The third-order valence-corrected chi connectivity index (χ3v) is 10.0. The van der Waals surface area contributed by atoms with E-state index in [1.54, 1.807) is 0 Å². The Morgan fingerprint density at radius 1 is 0.477 bits per heavy atom. The first-order chi connectivity index (χ1) is 21.6. The summed E-state index contributed by atoms with van der Waals surface area (Å²) < 4.78 is 0. The van der Waals surface area contributed by atoms with Crippen molar-refractivity contribution in [3.63, 3.8) is 0 Å². The topological polar surface area (TPSA) is 25.8 Å². The molecule has 0 aliphatic carbocycles. The fourth-order valence-electron chi connectivity index (χ4n) is 6.37. The molecule has 1 aliphatic rings. The van der Waals surface area contributed by atoms with Crippen molar-refractivity contribution in [2.45, 2.75) is 29.1 Å². The highest BCUT2D eigenvalue weighted by Gasteiger charge is 2.34. The van der Waals surface area contributed by atoms with E-state index < -0.39 is 0 Å². The Morgan fingerprint density at radius 2 is 1.09 bits per heavy atom. The molecular weight excluding hydrogens is 553 g/mol. The highest BCUT2D eigenvalue weighted by Crippen LogP contribution is 2.52. The molecule has 7 aromatic rings. The summed E-state index contributed by atoms with van der Waals surface area (Å²) in [5.74, 6) is 0.733. The first-order valence-corrected chi connectivity index (χ1v) is 15.8. The molecule has 0 saturated carbocycles. The quantitative estimate of drug-likeness (QED) is 0.206. The minimum atomic E-state index is -0.0538. The zero-order chi connectivity index (χ0) is 29.7. The van der Waals surface area contributed by atoms with Crippen LogP contribution in [-0.2, 0) is 5.41 Å². The Bertz CT molecular complexity index is 2150. The molecule has 0 unspecified atom stereocenters. The third kappa shape index (κ3) is 4.52. The smallest absolute Gasteiger partial charge is 0.160 e. The summed E-state index contributed by atoms with van der Waals surface area (Å²) in [5, 5.41) is 1.05. The van der Waals surface area contributed by atoms with Crippen LogP contribution >= 0.6 is 11.8 Å². The SMILES string of the molecule is CC1(C)c2ccccc2Sc2c(-c3ccc(-c4nc(-c5ccc(-c6ccccc6)cc5)c5ccccc5n4)cc3)cccc21. The molecule has 0 saturated heterocycles. The van der Waals surface area contributed by atoms with Crippen LogP contribution in [0.1, 0.15) is 25.0 Å². The van der Waals surface area contributed by atoms with Gasteiger partial charge < -0.3 is 0 Å². The molecular formula is C41H30N2S. The molecule has 6 aromatic carbocycles. The van der Waals surface area contributed by atoms with Crippen LogP contribution in [0, 0.1) is 0 Å². The maximum absolute atomic E-state index is 5.15. The van der Waals surface area contributed by atoms with Gasteiger partial charge in [-0.25, -0.2) is 9.97 Å². The van der Waals surface area contributed by atoms with E-state index in [4.69, 9.17) is 9.97 Å². The first kappa shape index (κ1) is 26.6. The van der Waals surface area contributed by atoms with Crippen LogP contribution < -0.4 is 0 Å². The average molecular weight is 583 g/mol. The zero-order valence-electron chi connectivity index (χ0n) is 24.7. The van der Waals surface area contributed by atoms with E-state index in [-0.39, 0.29) is 5.41 Å². The number of hydrogen-bond acceptors (Lipinski definition) is 3. The normalized spacial score (nSPS) is 13.3. The van der Waals surface area contributed by atoms with Gasteiger partial charge in [0.25, 0.3) is 0 Å². The molecule has 44 heavy (non-hydrogen) atoms. The Kier molecular flexibility index (Phi) is 6.43. The van der Waals surface area contributed by atoms with Crippen molar-refractivity contribution in [2.75, 3.05) is 0 Å². The van der Waals surface area contributed by atoms with Gasteiger partial charge >= 0.3 is 0 Å². The van der Waals surface area contributed by atoms with Crippen LogP contribution in [0.3, 0.4) is 0 Å². The lowest BCUT2D eigenvalue weighted by atomic mass is 9.77. The second-order valence-electron chi connectivity index (χ2n) is 11.8. The molecule has 1 aromatic heterocycles. The lowest BCUT2D eigenvalue weighted by Crippen LogP contribution is -2.23. The van der Waals surface area contributed by atoms with E-state index in [1.807, 2.05) is 23.9 Å². The van der Waals surface area contributed by atoms with Crippen molar-refractivity contribution in [1.29, 1.82) is 0 Å². The number of aromatic nitrogens is 2. The molecule has 0 bridgehead atoms. The van der Waals surface area contributed by atoms with E-state index >= 15 is 0 Å². The highest BCUT2D eigenvalue weighted by atomic mass is 32.2. The Morgan fingerprint density at radius 3 is 1.91 bits per heavy atom. The van der Waals surface area contributed by atoms with Gasteiger partial charge in [0, 0.05) is 31.7 Å². The van der Waals surface area contributed by atoms with Crippen LogP contribution in [0.4, 0.5) is 0 Å². The van der Waals surface area contributed by atoms with E-state index in [0.717, 1.165) is 33.5 Å². The van der Waals surface area contributed by atoms with Gasteiger partial charge in [-0.15, -0.1) is 0 Å². The van der Waals surface area contributed by atoms with Crippen LogP contribution in [0.2, 0.25) is 0 Å². The summed E-state index contributed by atoms with van der Waals surface area (Å²) in [6.07, 6.45) is 0. The van der Waals surface area contributed by atoms with Crippen LogP contribution in [0.25, 0.3) is 55.8 Å². The molecule has 3 heteroatoms. The van der Waals surface area contributed by atoms with E-state index in [0.29, 0.717) is 0 Å². The van der Waals surface area contributed by atoms with E-state index in [9.17, 15) is 0 Å². The van der Waals surface area contributed by atoms with Crippen molar-refractivity contribution in [3.05, 3.63) is 157 Å². The van der Waals surface area contributed by atoms with Crippen LogP contribution in [0.15, 0.2) is 155 Å². The van der Waals surface area contributed by atoms with Gasteiger partial charge in [-0.2, -0.15) is 0 Å². The van der Waals surface area contributed by atoms with E-state index in [1.165, 1.54) is 43.2 Å². The molecule has 0 atom stereocenters. The molecule has 8 rings (SSSR count). The highest BCUT2D eigenvalue weighted by molar-refractivity contribution is 7.99. The number of nitrogens with zero attached hydrogens (tertiary/aromatic N) is 2. The van der Waals surface area contributed by atoms with Gasteiger partial charge in [-0.1, -0.05) is 159 Å².